The monoisotopic (exact) mass is 816 g/mol. The largest absolute Gasteiger partial charge is 0.394 e. The molecule has 3 rings (SSSR count). The molecule has 15 unspecified atom stereocenters. The van der Waals surface area contributed by atoms with Gasteiger partial charge in [-0.25, -0.2) is 0 Å². The van der Waals surface area contributed by atoms with Crippen LogP contribution in [0.3, 0.4) is 0 Å². The molecule has 322 valence electrons. The number of aliphatic hydroxyl groups excluding tert-OH is 7. The molecule has 3 saturated heterocycles. The lowest BCUT2D eigenvalue weighted by atomic mass is 9.96. The van der Waals surface area contributed by atoms with Crippen LogP contribution in [-0.4, -0.2) is 198 Å². The topological polar surface area (TPSA) is 345 Å². The maximum Gasteiger partial charge on any atom is 0.230 e. The van der Waals surface area contributed by atoms with Crippen LogP contribution in [0.5, 0.6) is 0 Å². The molecule has 0 aromatic carbocycles. The molecule has 15 atom stereocenters. The van der Waals surface area contributed by atoms with E-state index in [1.165, 1.54) is 11.8 Å². The fourth-order valence-corrected chi connectivity index (χ4v) is 6.56. The molecule has 0 spiro atoms. The van der Waals surface area contributed by atoms with E-state index < -0.39 is 105 Å². The third-order valence-corrected chi connectivity index (χ3v) is 10.2. The molecule has 3 aliphatic rings. The summed E-state index contributed by atoms with van der Waals surface area (Å²) in [5.74, 6) is 0.811. The van der Waals surface area contributed by atoms with Crippen LogP contribution in [0.25, 0.3) is 0 Å². The number of carbonyl (C=O) groups is 2. The Bertz CT molecular complexity index is 1150. The Morgan fingerprint density at radius 1 is 0.691 bits per heavy atom. The number of nitrogens with one attached hydrogen (secondary N) is 3. The van der Waals surface area contributed by atoms with Crippen molar-refractivity contribution in [2.75, 3.05) is 58.1 Å². The van der Waals surface area contributed by atoms with E-state index >= 15 is 0 Å². The summed E-state index contributed by atoms with van der Waals surface area (Å²) in [4.78, 5) is 23.0. The van der Waals surface area contributed by atoms with Crippen LogP contribution in [-0.2, 0) is 38.0 Å². The van der Waals surface area contributed by atoms with Crippen molar-refractivity contribution >= 4 is 23.6 Å². The molecule has 16 N–H and O–H groups in total. The zero-order chi connectivity index (χ0) is 39.9. The number of allylic oxidation sites excluding steroid dienone is 1. The first-order valence-corrected chi connectivity index (χ1v) is 19.1. The second-order valence-electron chi connectivity index (χ2n) is 13.3. The summed E-state index contributed by atoms with van der Waals surface area (Å²) in [6, 6.07) is -3.54. The van der Waals surface area contributed by atoms with Crippen LogP contribution in [0.1, 0.15) is 33.1 Å². The number of nitrogens with two attached hydrogens (primary N) is 3. The first kappa shape index (κ1) is 49.3. The molecule has 21 nitrogen and oxygen atoms in total. The smallest absolute Gasteiger partial charge is 0.230 e. The molecule has 0 aromatic rings. The number of ether oxygens (including phenoxy) is 6. The normalized spacial score (nSPS) is 36.4. The summed E-state index contributed by atoms with van der Waals surface area (Å²) in [5, 5.41) is 80.5. The molecule has 2 amide bonds. The van der Waals surface area contributed by atoms with Crippen molar-refractivity contribution in [3.63, 3.8) is 0 Å². The molecule has 3 aliphatic heterocycles. The molecule has 3 heterocycles. The average Bonchev–Trinajstić information content (AvgIpc) is 3.15. The van der Waals surface area contributed by atoms with E-state index in [1.54, 1.807) is 7.05 Å². The van der Waals surface area contributed by atoms with Crippen molar-refractivity contribution in [2.45, 2.75) is 125 Å². The third kappa shape index (κ3) is 14.8. The third-order valence-electron chi connectivity index (χ3n) is 9.21. The van der Waals surface area contributed by atoms with Crippen molar-refractivity contribution < 1.29 is 73.8 Å². The maximum atomic E-state index is 11.8. The number of rotatable bonds is 22. The van der Waals surface area contributed by atoms with Crippen LogP contribution in [0, 0.1) is 0 Å². The second-order valence-corrected chi connectivity index (χ2v) is 14.4. The second kappa shape index (κ2) is 24.8. The van der Waals surface area contributed by atoms with Gasteiger partial charge < -0.3 is 97.3 Å². The van der Waals surface area contributed by atoms with Crippen LogP contribution in [0.15, 0.2) is 12.3 Å². The predicted molar refractivity (Wildman–Crippen MR) is 198 cm³/mol. The van der Waals surface area contributed by atoms with Gasteiger partial charge in [0, 0.05) is 32.3 Å². The van der Waals surface area contributed by atoms with Gasteiger partial charge in [0.15, 0.2) is 18.9 Å². The molecule has 0 radical (unpaired) electrons. The molecule has 0 saturated carbocycles. The number of aliphatic hydroxyl groups is 7. The number of hydrogen-bond acceptors (Lipinski definition) is 20. The van der Waals surface area contributed by atoms with Gasteiger partial charge in [-0.05, 0) is 25.0 Å². The van der Waals surface area contributed by atoms with Crippen LogP contribution >= 0.6 is 11.8 Å². The Balaban J connectivity index is 0.0000105. The Morgan fingerprint density at radius 3 is 1.69 bits per heavy atom. The first-order chi connectivity index (χ1) is 25.7. The number of carbonyl (C=O) groups excluding carboxylic acids is 2. The summed E-state index contributed by atoms with van der Waals surface area (Å²) in [5.41, 5.74) is 18.8. The van der Waals surface area contributed by atoms with E-state index in [-0.39, 0.29) is 38.9 Å². The Morgan fingerprint density at radius 2 is 1.18 bits per heavy atom. The highest BCUT2D eigenvalue weighted by Crippen LogP contribution is 2.27. The predicted octanol–water partition coefficient (Wildman–Crippen LogP) is -5.75. The Hall–Kier alpha value is -1.81. The number of amides is 2. The van der Waals surface area contributed by atoms with Gasteiger partial charge in [-0.1, -0.05) is 14.0 Å². The van der Waals surface area contributed by atoms with E-state index in [2.05, 4.69) is 22.5 Å². The van der Waals surface area contributed by atoms with Crippen LogP contribution < -0.4 is 33.2 Å². The van der Waals surface area contributed by atoms with Crippen LogP contribution in [0.4, 0.5) is 0 Å². The quantitative estimate of drug-likeness (QED) is 0.0453. The van der Waals surface area contributed by atoms with Gasteiger partial charge >= 0.3 is 0 Å². The van der Waals surface area contributed by atoms with E-state index in [1.807, 2.05) is 0 Å². The summed E-state index contributed by atoms with van der Waals surface area (Å²) in [7, 11) is 1.54. The van der Waals surface area contributed by atoms with Crippen molar-refractivity contribution in [1.29, 1.82) is 0 Å². The Labute approximate surface area is 325 Å². The lowest BCUT2D eigenvalue weighted by Crippen LogP contribution is -2.65. The molecular weight excluding hydrogens is 752 g/mol. The highest BCUT2D eigenvalue weighted by molar-refractivity contribution is 7.99. The summed E-state index contributed by atoms with van der Waals surface area (Å²) >= 11 is 1.49. The lowest BCUT2D eigenvalue weighted by molar-refractivity contribution is -0.312. The minimum atomic E-state index is -1.54. The van der Waals surface area contributed by atoms with Gasteiger partial charge in [0.05, 0.1) is 50.3 Å². The molecular formula is C33H64N6O15S. The zero-order valence-corrected chi connectivity index (χ0v) is 31.2. The zero-order valence-electron chi connectivity index (χ0n) is 30.4. The summed E-state index contributed by atoms with van der Waals surface area (Å²) < 4.78 is 34.1. The highest BCUT2D eigenvalue weighted by Gasteiger charge is 2.48. The summed E-state index contributed by atoms with van der Waals surface area (Å²) in [6.07, 6.45) is -14.0. The number of thioether (sulfide) groups is 1. The summed E-state index contributed by atoms with van der Waals surface area (Å²) in [6.45, 7) is 3.58. The van der Waals surface area contributed by atoms with Crippen LogP contribution in [0.2, 0.25) is 0 Å². The maximum absolute atomic E-state index is 11.8. The molecule has 55 heavy (non-hydrogen) atoms. The van der Waals surface area contributed by atoms with Crippen molar-refractivity contribution in [2.24, 2.45) is 17.2 Å². The molecule has 3 fully saturated rings. The van der Waals surface area contributed by atoms with E-state index in [0.717, 1.165) is 17.9 Å². The Kier molecular flexibility index (Phi) is 22.3. The van der Waals surface area contributed by atoms with Gasteiger partial charge in [-0.2, -0.15) is 11.8 Å². The molecule has 0 aromatic heterocycles. The standard InChI is InChI=1S/C32H60N6O15S.CH4/c1-15(5-3-10-54-14-20(41)38-8-6-19(40)36-2)37-7-4-9-48-30-21(33)28(46)25(43)17(52-30)12-50-32-23(35)29(47)26(44)18(53-32)13-49-31-22(34)27(45)24(42)16(11-39)51-31;/h16-18,21-32,37,39,42-47H,1,3-14,33-35H2,2H3,(H,36,40)(H,38,41);1H4. The van der Waals surface area contributed by atoms with Gasteiger partial charge in [0.25, 0.3) is 0 Å². The first-order valence-electron chi connectivity index (χ1n) is 17.9. The van der Waals surface area contributed by atoms with Gasteiger partial charge in [-0.3, -0.25) is 9.59 Å². The fourth-order valence-electron chi connectivity index (χ4n) is 5.78. The fraction of sp³-hybridized carbons (Fsp3) is 0.879. The van der Waals surface area contributed by atoms with E-state index in [9.17, 15) is 45.3 Å². The van der Waals surface area contributed by atoms with Crippen molar-refractivity contribution in [3.05, 3.63) is 12.3 Å². The van der Waals surface area contributed by atoms with Gasteiger partial charge in [0.2, 0.25) is 11.8 Å². The van der Waals surface area contributed by atoms with Crippen molar-refractivity contribution in [1.82, 2.24) is 16.0 Å². The molecule has 0 bridgehead atoms. The highest BCUT2D eigenvalue weighted by atomic mass is 32.2. The SMILES string of the molecule is C.C=C(CCCSCC(=O)NCCC(=O)NC)NCCCOC1OC(COC2OC(COC3OC(CO)C(O)C(O)C3N)C(O)C(O)C2N)C(O)C(O)C1N. The van der Waals surface area contributed by atoms with E-state index in [4.69, 9.17) is 45.6 Å². The minimum absolute atomic E-state index is 0. The average molecular weight is 817 g/mol. The minimum Gasteiger partial charge on any atom is -0.394 e. The van der Waals surface area contributed by atoms with Gasteiger partial charge in [-0.15, -0.1) is 0 Å². The lowest BCUT2D eigenvalue weighted by Gasteiger charge is -2.44. The number of hydrogen-bond donors (Lipinski definition) is 13. The molecule has 0 aliphatic carbocycles. The van der Waals surface area contributed by atoms with Gasteiger partial charge in [0.1, 0.15) is 54.9 Å². The van der Waals surface area contributed by atoms with E-state index in [0.29, 0.717) is 31.7 Å². The van der Waals surface area contributed by atoms with Crippen molar-refractivity contribution in [3.8, 4) is 0 Å². The molecule has 22 heteroatoms.